The second-order valence-corrected chi connectivity index (χ2v) is 4.73. The number of hydrogen-bond donors (Lipinski definition) is 3. The molecule has 0 bridgehead atoms. The highest BCUT2D eigenvalue weighted by Gasteiger charge is 2.26. The van der Waals surface area contributed by atoms with Crippen molar-refractivity contribution in [1.82, 2.24) is 10.6 Å². The van der Waals surface area contributed by atoms with Gasteiger partial charge < -0.3 is 20.5 Å². The molecule has 0 aliphatic carbocycles. The van der Waals surface area contributed by atoms with Crippen LogP contribution in [0.3, 0.4) is 0 Å². The number of hydrogen-bond acceptors (Lipinski definition) is 3. The molecule has 1 heterocycles. The van der Waals surface area contributed by atoms with E-state index in [0.29, 0.717) is 6.61 Å². The monoisotopic (exact) mass is 264 g/mol. The Morgan fingerprint density at radius 3 is 2.79 bits per heavy atom. The Hall–Kier alpha value is -1.59. The molecule has 5 heteroatoms. The molecule has 2 amide bonds. The number of rotatable bonds is 4. The molecule has 2 rings (SSSR count). The number of urea groups is 1. The Balaban J connectivity index is 1.89. The van der Waals surface area contributed by atoms with Crippen LogP contribution in [0.25, 0.3) is 0 Å². The molecule has 1 aromatic carbocycles. The first-order valence-corrected chi connectivity index (χ1v) is 6.55. The number of carbonyl (C=O) groups is 1. The highest BCUT2D eigenvalue weighted by atomic mass is 16.5. The number of aliphatic hydroxyl groups excluding tert-OH is 1. The van der Waals surface area contributed by atoms with E-state index >= 15 is 0 Å². The van der Waals surface area contributed by atoms with Crippen LogP contribution in [0.4, 0.5) is 4.79 Å². The summed E-state index contributed by atoms with van der Waals surface area (Å²) in [6.07, 6.45) is 0.860. The Morgan fingerprint density at radius 2 is 2.21 bits per heavy atom. The van der Waals surface area contributed by atoms with Crippen LogP contribution in [0.5, 0.6) is 0 Å². The molecule has 3 atom stereocenters. The van der Waals surface area contributed by atoms with Gasteiger partial charge in [0.15, 0.2) is 0 Å². The van der Waals surface area contributed by atoms with Crippen molar-refractivity contribution < 1.29 is 14.6 Å². The maximum Gasteiger partial charge on any atom is 0.315 e. The van der Waals surface area contributed by atoms with Gasteiger partial charge in [-0.2, -0.15) is 0 Å². The van der Waals surface area contributed by atoms with Gasteiger partial charge in [-0.25, -0.2) is 4.79 Å². The third kappa shape index (κ3) is 3.68. The fourth-order valence-electron chi connectivity index (χ4n) is 2.21. The SMILES string of the molecule is C[C@@H]1OCC[C@@H]1NC(=O)N[C@H](CO)c1ccccc1. The fraction of sp³-hybridized carbons (Fsp3) is 0.500. The molecule has 3 N–H and O–H groups in total. The number of ether oxygens (including phenoxy) is 1. The summed E-state index contributed by atoms with van der Waals surface area (Å²) < 4.78 is 5.39. The highest BCUT2D eigenvalue weighted by Crippen LogP contribution is 2.14. The second-order valence-electron chi connectivity index (χ2n) is 4.73. The molecule has 0 spiro atoms. The van der Waals surface area contributed by atoms with E-state index in [1.807, 2.05) is 37.3 Å². The fourth-order valence-corrected chi connectivity index (χ4v) is 2.21. The minimum atomic E-state index is -0.390. The summed E-state index contributed by atoms with van der Waals surface area (Å²) in [6.45, 7) is 2.49. The van der Waals surface area contributed by atoms with E-state index in [1.54, 1.807) is 0 Å². The molecule has 0 saturated carbocycles. The van der Waals surface area contributed by atoms with E-state index in [1.165, 1.54) is 0 Å². The van der Waals surface area contributed by atoms with Gasteiger partial charge in [-0.1, -0.05) is 30.3 Å². The van der Waals surface area contributed by atoms with Crippen LogP contribution in [0.1, 0.15) is 24.9 Å². The number of carbonyl (C=O) groups excluding carboxylic acids is 1. The van der Waals surface area contributed by atoms with E-state index in [-0.39, 0.29) is 30.8 Å². The molecule has 104 valence electrons. The smallest absolute Gasteiger partial charge is 0.315 e. The van der Waals surface area contributed by atoms with E-state index in [0.717, 1.165) is 12.0 Å². The molecule has 19 heavy (non-hydrogen) atoms. The maximum absolute atomic E-state index is 11.9. The first-order chi connectivity index (χ1) is 9.20. The third-order valence-corrected chi connectivity index (χ3v) is 3.38. The largest absolute Gasteiger partial charge is 0.394 e. The standard InChI is InChI=1S/C14H20N2O3/c1-10-12(7-8-19-10)15-14(18)16-13(9-17)11-5-3-2-4-6-11/h2-6,10,12-13,17H,7-9H2,1H3,(H2,15,16,18)/t10-,12-,13+/m0/s1. The van der Waals surface area contributed by atoms with Crippen LogP contribution in [-0.2, 0) is 4.74 Å². The lowest BCUT2D eigenvalue weighted by Gasteiger charge is -2.20. The molecule has 0 radical (unpaired) electrons. The van der Waals surface area contributed by atoms with Crippen molar-refractivity contribution >= 4 is 6.03 Å². The summed E-state index contributed by atoms with van der Waals surface area (Å²) >= 11 is 0. The minimum Gasteiger partial charge on any atom is -0.394 e. The van der Waals surface area contributed by atoms with Gasteiger partial charge in [0.05, 0.1) is 24.8 Å². The summed E-state index contributed by atoms with van der Waals surface area (Å²) in [5.74, 6) is 0. The van der Waals surface area contributed by atoms with Gasteiger partial charge in [0.25, 0.3) is 0 Å². The van der Waals surface area contributed by atoms with Crippen LogP contribution in [0.15, 0.2) is 30.3 Å². The quantitative estimate of drug-likeness (QED) is 0.765. The summed E-state index contributed by atoms with van der Waals surface area (Å²) in [5, 5.41) is 15.0. The highest BCUT2D eigenvalue weighted by molar-refractivity contribution is 5.74. The van der Waals surface area contributed by atoms with Crippen molar-refractivity contribution in [2.24, 2.45) is 0 Å². The van der Waals surface area contributed by atoms with Gasteiger partial charge in [0, 0.05) is 6.61 Å². The van der Waals surface area contributed by atoms with Crippen molar-refractivity contribution in [3.05, 3.63) is 35.9 Å². The van der Waals surface area contributed by atoms with Gasteiger partial charge in [-0.3, -0.25) is 0 Å². The lowest BCUT2D eigenvalue weighted by atomic mass is 10.1. The van der Waals surface area contributed by atoms with Gasteiger partial charge in [0.1, 0.15) is 0 Å². The predicted octanol–water partition coefficient (Wildman–Crippen LogP) is 1.20. The normalized spacial score (nSPS) is 23.9. The van der Waals surface area contributed by atoms with E-state index in [4.69, 9.17) is 4.74 Å². The lowest BCUT2D eigenvalue weighted by molar-refractivity contribution is 0.114. The Labute approximate surface area is 113 Å². The predicted molar refractivity (Wildman–Crippen MR) is 71.8 cm³/mol. The summed E-state index contributed by atoms with van der Waals surface area (Å²) in [4.78, 5) is 11.9. The Bertz CT molecular complexity index is 410. The van der Waals surface area contributed by atoms with Gasteiger partial charge >= 0.3 is 6.03 Å². The van der Waals surface area contributed by atoms with Crippen LogP contribution < -0.4 is 10.6 Å². The zero-order valence-corrected chi connectivity index (χ0v) is 11.0. The van der Waals surface area contributed by atoms with Crippen molar-refractivity contribution in [3.8, 4) is 0 Å². The second kappa shape index (κ2) is 6.54. The minimum absolute atomic E-state index is 0.0371. The number of benzene rings is 1. The summed E-state index contributed by atoms with van der Waals surface area (Å²) in [6, 6.07) is 8.79. The molecule has 5 nitrogen and oxygen atoms in total. The first kappa shape index (κ1) is 13.8. The first-order valence-electron chi connectivity index (χ1n) is 6.55. The summed E-state index contributed by atoms with van der Waals surface area (Å²) in [7, 11) is 0. The van der Waals surface area contributed by atoms with Crippen molar-refractivity contribution in [2.45, 2.75) is 31.5 Å². The maximum atomic E-state index is 11.9. The average molecular weight is 264 g/mol. The zero-order chi connectivity index (χ0) is 13.7. The van der Waals surface area contributed by atoms with Crippen molar-refractivity contribution in [3.63, 3.8) is 0 Å². The molecule has 1 aliphatic rings. The Kier molecular flexibility index (Phi) is 4.76. The Morgan fingerprint density at radius 1 is 1.47 bits per heavy atom. The van der Waals surface area contributed by atoms with Crippen molar-refractivity contribution in [2.75, 3.05) is 13.2 Å². The topological polar surface area (TPSA) is 70.6 Å². The zero-order valence-electron chi connectivity index (χ0n) is 11.0. The molecule has 1 fully saturated rings. The molecule has 1 saturated heterocycles. The van der Waals surface area contributed by atoms with Gasteiger partial charge in [-0.05, 0) is 18.9 Å². The van der Waals surface area contributed by atoms with Gasteiger partial charge in [0.2, 0.25) is 0 Å². The third-order valence-electron chi connectivity index (χ3n) is 3.38. The van der Waals surface area contributed by atoms with Gasteiger partial charge in [-0.15, -0.1) is 0 Å². The summed E-state index contributed by atoms with van der Waals surface area (Å²) in [5.41, 5.74) is 0.885. The molecular formula is C14H20N2O3. The number of amides is 2. The van der Waals surface area contributed by atoms with E-state index < -0.39 is 0 Å². The van der Waals surface area contributed by atoms with Crippen LogP contribution >= 0.6 is 0 Å². The number of aliphatic hydroxyl groups is 1. The average Bonchev–Trinajstić information content (AvgIpc) is 2.82. The van der Waals surface area contributed by atoms with Crippen molar-refractivity contribution in [1.29, 1.82) is 0 Å². The molecule has 0 aromatic heterocycles. The van der Waals surface area contributed by atoms with E-state index in [9.17, 15) is 9.90 Å². The number of nitrogens with one attached hydrogen (secondary N) is 2. The van der Waals surface area contributed by atoms with E-state index in [2.05, 4.69) is 10.6 Å². The molecule has 1 aromatic rings. The lowest BCUT2D eigenvalue weighted by Crippen LogP contribution is -2.46. The molecule has 1 aliphatic heterocycles. The molecular weight excluding hydrogens is 244 g/mol. The van der Waals surface area contributed by atoms with Crippen LogP contribution in [0, 0.1) is 0 Å². The molecule has 0 unspecified atom stereocenters. The van der Waals surface area contributed by atoms with Crippen LogP contribution in [0.2, 0.25) is 0 Å². The van der Waals surface area contributed by atoms with Crippen LogP contribution in [-0.4, -0.2) is 36.5 Å².